The number of primary amides is 1. The van der Waals surface area contributed by atoms with E-state index in [4.69, 9.17) is 15.2 Å². The molecule has 0 bridgehead atoms. The van der Waals surface area contributed by atoms with Gasteiger partial charge in [-0.15, -0.1) is 0 Å². The zero-order valence-electron chi connectivity index (χ0n) is 14.5. The van der Waals surface area contributed by atoms with Crippen molar-refractivity contribution in [2.24, 2.45) is 5.73 Å². The lowest BCUT2D eigenvalue weighted by Gasteiger charge is -2.07. The van der Waals surface area contributed by atoms with Crippen LogP contribution in [-0.4, -0.2) is 31.1 Å². The number of rotatable bonds is 7. The molecule has 3 amide bonds. The summed E-state index contributed by atoms with van der Waals surface area (Å²) in [7, 11) is 0. The minimum atomic E-state index is -0.616. The van der Waals surface area contributed by atoms with Gasteiger partial charge in [0, 0.05) is 17.7 Å². The topological polar surface area (TPSA) is 120 Å². The highest BCUT2D eigenvalue weighted by atomic mass is 16.7. The standard InChI is InChI=1S/C19H19N3O5/c20-17(23)10-21-19(25)13-3-5-14(6-4-13)22-18(24)8-2-12-1-7-15-16(9-12)27-11-26-15/h1,3-7,9H,2,8,10-11H2,(H2,20,23)(H,21,25)(H,22,24). The van der Waals surface area contributed by atoms with Crippen molar-refractivity contribution < 1.29 is 23.9 Å². The van der Waals surface area contributed by atoms with Crippen LogP contribution in [0.1, 0.15) is 22.3 Å². The fourth-order valence-electron chi connectivity index (χ4n) is 2.55. The number of nitrogens with one attached hydrogen (secondary N) is 2. The molecule has 1 aliphatic rings. The van der Waals surface area contributed by atoms with E-state index in [0.717, 1.165) is 5.56 Å². The van der Waals surface area contributed by atoms with Crippen LogP contribution < -0.4 is 25.8 Å². The second-order valence-corrected chi connectivity index (χ2v) is 5.96. The Morgan fingerprint density at radius 1 is 1.00 bits per heavy atom. The molecular formula is C19H19N3O5. The molecule has 3 rings (SSSR count). The monoisotopic (exact) mass is 369 g/mol. The Balaban J connectivity index is 1.49. The van der Waals surface area contributed by atoms with E-state index in [9.17, 15) is 14.4 Å². The zero-order chi connectivity index (χ0) is 19.2. The van der Waals surface area contributed by atoms with Gasteiger partial charge in [0.2, 0.25) is 18.6 Å². The molecule has 8 heteroatoms. The van der Waals surface area contributed by atoms with Gasteiger partial charge in [0.15, 0.2) is 11.5 Å². The normalized spacial score (nSPS) is 11.7. The molecule has 0 atom stereocenters. The Bertz CT molecular complexity index is 864. The number of amides is 3. The first-order chi connectivity index (χ1) is 13.0. The maximum atomic E-state index is 12.1. The quantitative estimate of drug-likeness (QED) is 0.677. The van der Waals surface area contributed by atoms with Crippen LogP contribution in [-0.2, 0) is 16.0 Å². The molecule has 1 heterocycles. The molecule has 2 aromatic rings. The number of hydrogen-bond donors (Lipinski definition) is 3. The Kier molecular flexibility index (Phi) is 5.55. The van der Waals surface area contributed by atoms with E-state index in [2.05, 4.69) is 10.6 Å². The second kappa shape index (κ2) is 8.22. The van der Waals surface area contributed by atoms with Crippen molar-refractivity contribution in [3.8, 4) is 11.5 Å². The molecule has 0 spiro atoms. The van der Waals surface area contributed by atoms with Gasteiger partial charge in [0.1, 0.15) is 0 Å². The summed E-state index contributed by atoms with van der Waals surface area (Å²) in [4.78, 5) is 34.6. The van der Waals surface area contributed by atoms with Gasteiger partial charge in [-0.1, -0.05) is 6.07 Å². The fourth-order valence-corrected chi connectivity index (χ4v) is 2.55. The number of nitrogens with two attached hydrogens (primary N) is 1. The maximum absolute atomic E-state index is 12.1. The molecule has 0 unspecified atom stereocenters. The number of hydrogen-bond acceptors (Lipinski definition) is 5. The van der Waals surface area contributed by atoms with Crippen LogP contribution in [0, 0.1) is 0 Å². The number of aryl methyl sites for hydroxylation is 1. The zero-order valence-corrected chi connectivity index (χ0v) is 14.5. The van der Waals surface area contributed by atoms with E-state index in [-0.39, 0.29) is 19.2 Å². The highest BCUT2D eigenvalue weighted by molar-refractivity contribution is 5.97. The molecule has 0 saturated heterocycles. The number of benzene rings is 2. The predicted molar refractivity (Wildman–Crippen MR) is 97.5 cm³/mol. The third-order valence-electron chi connectivity index (χ3n) is 3.93. The van der Waals surface area contributed by atoms with Crippen LogP contribution in [0.25, 0.3) is 0 Å². The minimum Gasteiger partial charge on any atom is -0.454 e. The van der Waals surface area contributed by atoms with Crippen LogP contribution in [0.3, 0.4) is 0 Å². The predicted octanol–water partition coefficient (Wildman–Crippen LogP) is 1.20. The van der Waals surface area contributed by atoms with E-state index in [1.807, 2.05) is 18.2 Å². The number of ether oxygens (including phenoxy) is 2. The first kappa shape index (κ1) is 18.2. The average Bonchev–Trinajstić information content (AvgIpc) is 3.13. The first-order valence-electron chi connectivity index (χ1n) is 8.36. The molecule has 8 nitrogen and oxygen atoms in total. The van der Waals surface area contributed by atoms with E-state index < -0.39 is 11.8 Å². The highest BCUT2D eigenvalue weighted by Crippen LogP contribution is 2.32. The number of carbonyl (C=O) groups excluding carboxylic acids is 3. The molecule has 0 aromatic heterocycles. The summed E-state index contributed by atoms with van der Waals surface area (Å²) in [5, 5.41) is 5.18. The molecular weight excluding hydrogens is 350 g/mol. The summed E-state index contributed by atoms with van der Waals surface area (Å²) in [6.45, 7) is -0.00694. The van der Waals surface area contributed by atoms with Gasteiger partial charge in [-0.05, 0) is 48.4 Å². The van der Waals surface area contributed by atoms with Crippen LogP contribution in [0.2, 0.25) is 0 Å². The molecule has 0 aliphatic carbocycles. The molecule has 4 N–H and O–H groups in total. The van der Waals surface area contributed by atoms with Gasteiger partial charge in [-0.25, -0.2) is 0 Å². The maximum Gasteiger partial charge on any atom is 0.251 e. The summed E-state index contributed by atoms with van der Waals surface area (Å²) in [5.74, 6) is 0.240. The smallest absolute Gasteiger partial charge is 0.251 e. The summed E-state index contributed by atoms with van der Waals surface area (Å²) in [6.07, 6.45) is 0.872. The molecule has 0 saturated carbocycles. The van der Waals surface area contributed by atoms with Gasteiger partial charge < -0.3 is 25.8 Å². The van der Waals surface area contributed by atoms with E-state index in [1.54, 1.807) is 24.3 Å². The van der Waals surface area contributed by atoms with Crippen molar-refractivity contribution in [1.82, 2.24) is 5.32 Å². The van der Waals surface area contributed by atoms with Crippen molar-refractivity contribution in [1.29, 1.82) is 0 Å². The van der Waals surface area contributed by atoms with Gasteiger partial charge >= 0.3 is 0 Å². The van der Waals surface area contributed by atoms with Crippen molar-refractivity contribution in [2.75, 3.05) is 18.7 Å². The highest BCUT2D eigenvalue weighted by Gasteiger charge is 2.14. The lowest BCUT2D eigenvalue weighted by Crippen LogP contribution is -2.33. The Morgan fingerprint density at radius 2 is 1.74 bits per heavy atom. The molecule has 140 valence electrons. The van der Waals surface area contributed by atoms with E-state index >= 15 is 0 Å². The molecule has 0 radical (unpaired) electrons. The molecule has 1 aliphatic heterocycles. The van der Waals surface area contributed by atoms with Gasteiger partial charge in [-0.3, -0.25) is 14.4 Å². The SMILES string of the molecule is NC(=O)CNC(=O)c1ccc(NC(=O)CCc2ccc3c(c2)OCO3)cc1. The van der Waals surface area contributed by atoms with Gasteiger partial charge in [0.25, 0.3) is 5.91 Å². The van der Waals surface area contributed by atoms with Crippen LogP contribution in [0.15, 0.2) is 42.5 Å². The third-order valence-corrected chi connectivity index (χ3v) is 3.93. The Labute approximate surface area is 155 Å². The minimum absolute atomic E-state index is 0.140. The van der Waals surface area contributed by atoms with Crippen LogP contribution >= 0.6 is 0 Å². The van der Waals surface area contributed by atoms with Crippen LogP contribution in [0.5, 0.6) is 11.5 Å². The summed E-state index contributed by atoms with van der Waals surface area (Å²) in [6, 6.07) is 12.0. The third kappa shape index (κ3) is 4.97. The Morgan fingerprint density at radius 3 is 2.48 bits per heavy atom. The first-order valence-corrected chi connectivity index (χ1v) is 8.36. The summed E-state index contributed by atoms with van der Waals surface area (Å²) < 4.78 is 10.6. The van der Waals surface area contributed by atoms with Crippen molar-refractivity contribution in [3.05, 3.63) is 53.6 Å². The lowest BCUT2D eigenvalue weighted by molar-refractivity contribution is -0.117. The van der Waals surface area contributed by atoms with Gasteiger partial charge in [0.05, 0.1) is 6.54 Å². The molecule has 27 heavy (non-hydrogen) atoms. The number of carbonyl (C=O) groups is 3. The summed E-state index contributed by atoms with van der Waals surface area (Å²) >= 11 is 0. The van der Waals surface area contributed by atoms with Crippen molar-refractivity contribution in [3.63, 3.8) is 0 Å². The average molecular weight is 369 g/mol. The molecule has 2 aromatic carbocycles. The second-order valence-electron chi connectivity index (χ2n) is 5.96. The largest absolute Gasteiger partial charge is 0.454 e. The van der Waals surface area contributed by atoms with Crippen molar-refractivity contribution in [2.45, 2.75) is 12.8 Å². The summed E-state index contributed by atoms with van der Waals surface area (Å²) in [5.41, 5.74) is 6.91. The van der Waals surface area contributed by atoms with E-state index in [1.165, 1.54) is 0 Å². The lowest BCUT2D eigenvalue weighted by atomic mass is 10.1. The van der Waals surface area contributed by atoms with Gasteiger partial charge in [-0.2, -0.15) is 0 Å². The van der Waals surface area contributed by atoms with Crippen LogP contribution in [0.4, 0.5) is 5.69 Å². The Hall–Kier alpha value is -3.55. The van der Waals surface area contributed by atoms with E-state index in [0.29, 0.717) is 35.6 Å². The van der Waals surface area contributed by atoms with Crippen molar-refractivity contribution >= 4 is 23.4 Å². The number of fused-ring (bicyclic) bond motifs is 1. The number of anilines is 1. The molecule has 0 fully saturated rings. The fraction of sp³-hybridized carbons (Fsp3) is 0.211.